The summed E-state index contributed by atoms with van der Waals surface area (Å²) >= 11 is 6.31. The fourth-order valence-electron chi connectivity index (χ4n) is 5.01. The van der Waals surface area contributed by atoms with Gasteiger partial charge in [-0.1, -0.05) is 38.3 Å². The minimum atomic E-state index is 0.272. The SMILES string of the molecule is CCCC1CCc2c(n(CC(=O)N3CCC(C)CC3)c3ccc(Cl)cc23)C1. The average Bonchev–Trinajstić information content (AvgIpc) is 2.95. The maximum absolute atomic E-state index is 13.1. The van der Waals surface area contributed by atoms with Gasteiger partial charge in [0, 0.05) is 34.7 Å². The minimum Gasteiger partial charge on any atom is -0.341 e. The zero-order chi connectivity index (χ0) is 19.0. The molecule has 0 radical (unpaired) electrons. The zero-order valence-corrected chi connectivity index (χ0v) is 17.4. The second-order valence-corrected chi connectivity index (χ2v) is 9.07. The van der Waals surface area contributed by atoms with E-state index in [-0.39, 0.29) is 5.91 Å². The van der Waals surface area contributed by atoms with E-state index in [0.717, 1.165) is 55.6 Å². The molecule has 3 nitrogen and oxygen atoms in total. The summed E-state index contributed by atoms with van der Waals surface area (Å²) in [5.74, 6) is 1.76. The minimum absolute atomic E-state index is 0.272. The lowest BCUT2D eigenvalue weighted by Gasteiger charge is -2.31. The van der Waals surface area contributed by atoms with Crippen molar-refractivity contribution in [3.63, 3.8) is 0 Å². The number of nitrogens with zero attached hydrogens (tertiary/aromatic N) is 2. The number of likely N-dealkylation sites (tertiary alicyclic amines) is 1. The molecule has 1 unspecified atom stereocenters. The van der Waals surface area contributed by atoms with Gasteiger partial charge in [0.1, 0.15) is 6.54 Å². The molecule has 27 heavy (non-hydrogen) atoms. The molecule has 1 aromatic carbocycles. The quantitative estimate of drug-likeness (QED) is 0.685. The van der Waals surface area contributed by atoms with Crippen LogP contribution in [-0.2, 0) is 24.2 Å². The molecule has 1 amide bonds. The number of halogens is 1. The average molecular weight is 387 g/mol. The number of benzene rings is 1. The predicted octanol–water partition coefficient (Wildman–Crippen LogP) is 5.46. The Labute approximate surface area is 167 Å². The van der Waals surface area contributed by atoms with E-state index in [4.69, 9.17) is 11.6 Å². The van der Waals surface area contributed by atoms with Crippen LogP contribution in [-0.4, -0.2) is 28.5 Å². The number of hydrogen-bond acceptors (Lipinski definition) is 1. The van der Waals surface area contributed by atoms with Crippen molar-refractivity contribution in [2.75, 3.05) is 13.1 Å². The predicted molar refractivity (Wildman–Crippen MR) is 112 cm³/mol. The molecule has 0 bridgehead atoms. The third-order valence-electron chi connectivity index (χ3n) is 6.66. The first-order valence-electron chi connectivity index (χ1n) is 10.6. The molecule has 1 saturated heterocycles. The van der Waals surface area contributed by atoms with E-state index in [0.29, 0.717) is 6.54 Å². The summed E-state index contributed by atoms with van der Waals surface area (Å²) in [5.41, 5.74) is 4.00. The highest BCUT2D eigenvalue weighted by Gasteiger charge is 2.27. The molecule has 2 aromatic rings. The third-order valence-corrected chi connectivity index (χ3v) is 6.90. The van der Waals surface area contributed by atoms with Crippen LogP contribution in [0.25, 0.3) is 10.9 Å². The van der Waals surface area contributed by atoms with Gasteiger partial charge in [-0.05, 0) is 67.7 Å². The van der Waals surface area contributed by atoms with Crippen LogP contribution in [0, 0.1) is 11.8 Å². The van der Waals surface area contributed by atoms with Crippen LogP contribution in [0.3, 0.4) is 0 Å². The lowest BCUT2D eigenvalue weighted by atomic mass is 9.84. The summed E-state index contributed by atoms with van der Waals surface area (Å²) in [6, 6.07) is 6.16. The van der Waals surface area contributed by atoms with Gasteiger partial charge in [-0.3, -0.25) is 4.79 Å². The van der Waals surface area contributed by atoms with Gasteiger partial charge in [0.05, 0.1) is 0 Å². The summed E-state index contributed by atoms with van der Waals surface area (Å²) in [5, 5.41) is 2.04. The van der Waals surface area contributed by atoms with Crippen molar-refractivity contribution in [2.24, 2.45) is 11.8 Å². The Morgan fingerprint density at radius 1 is 1.22 bits per heavy atom. The summed E-state index contributed by atoms with van der Waals surface area (Å²) in [7, 11) is 0. The first kappa shape index (κ1) is 18.9. The zero-order valence-electron chi connectivity index (χ0n) is 16.6. The van der Waals surface area contributed by atoms with Gasteiger partial charge in [0.25, 0.3) is 0 Å². The van der Waals surface area contributed by atoms with Gasteiger partial charge in [-0.2, -0.15) is 0 Å². The summed E-state index contributed by atoms with van der Waals surface area (Å²) in [6.07, 6.45) is 8.23. The van der Waals surface area contributed by atoms with E-state index in [2.05, 4.69) is 35.4 Å². The van der Waals surface area contributed by atoms with Gasteiger partial charge in [0.15, 0.2) is 0 Å². The van der Waals surface area contributed by atoms with Crippen molar-refractivity contribution < 1.29 is 4.79 Å². The second kappa shape index (κ2) is 7.87. The molecule has 1 aromatic heterocycles. The number of carbonyl (C=O) groups excluding carboxylic acids is 1. The Balaban J connectivity index is 1.67. The second-order valence-electron chi connectivity index (χ2n) is 8.63. The lowest BCUT2D eigenvalue weighted by molar-refractivity contribution is -0.133. The Morgan fingerprint density at radius 2 is 2.00 bits per heavy atom. The van der Waals surface area contributed by atoms with Crippen molar-refractivity contribution in [3.05, 3.63) is 34.5 Å². The lowest BCUT2D eigenvalue weighted by Crippen LogP contribution is -2.40. The molecule has 2 heterocycles. The molecule has 1 aliphatic heterocycles. The summed E-state index contributed by atoms with van der Waals surface area (Å²) < 4.78 is 2.31. The van der Waals surface area contributed by atoms with Crippen molar-refractivity contribution >= 4 is 28.4 Å². The van der Waals surface area contributed by atoms with Crippen molar-refractivity contribution in [1.29, 1.82) is 0 Å². The molecular weight excluding hydrogens is 356 g/mol. The maximum atomic E-state index is 13.1. The molecule has 1 fully saturated rings. The van der Waals surface area contributed by atoms with Gasteiger partial charge in [-0.15, -0.1) is 0 Å². The van der Waals surface area contributed by atoms with Gasteiger partial charge < -0.3 is 9.47 Å². The Hall–Kier alpha value is -1.48. The largest absolute Gasteiger partial charge is 0.341 e. The fraction of sp³-hybridized carbons (Fsp3) is 0.609. The van der Waals surface area contributed by atoms with Crippen LogP contribution in [0.2, 0.25) is 5.02 Å². The number of hydrogen-bond donors (Lipinski definition) is 0. The number of amides is 1. The van der Waals surface area contributed by atoms with Crippen LogP contribution in [0.1, 0.15) is 57.2 Å². The van der Waals surface area contributed by atoms with E-state index in [1.807, 2.05) is 6.07 Å². The molecule has 0 N–H and O–H groups in total. The monoisotopic (exact) mass is 386 g/mol. The Kier molecular flexibility index (Phi) is 5.50. The molecule has 4 heteroatoms. The number of aromatic nitrogens is 1. The number of carbonyl (C=O) groups is 1. The molecule has 2 aliphatic rings. The smallest absolute Gasteiger partial charge is 0.242 e. The van der Waals surface area contributed by atoms with Crippen LogP contribution in [0.5, 0.6) is 0 Å². The first-order valence-corrected chi connectivity index (χ1v) is 11.0. The molecule has 0 spiro atoms. The van der Waals surface area contributed by atoms with Gasteiger partial charge in [0.2, 0.25) is 5.91 Å². The Bertz CT molecular complexity index is 833. The van der Waals surface area contributed by atoms with E-state index < -0.39 is 0 Å². The molecule has 0 saturated carbocycles. The van der Waals surface area contributed by atoms with E-state index in [9.17, 15) is 4.79 Å². The standard InChI is InChI=1S/C23H31ClN2O/c1-3-4-17-5-7-19-20-14-18(24)6-8-21(20)26(22(19)13-17)15-23(27)25-11-9-16(2)10-12-25/h6,8,14,16-17H,3-5,7,9-13,15H2,1-2H3. The number of fused-ring (bicyclic) bond motifs is 3. The van der Waals surface area contributed by atoms with Crippen molar-refractivity contribution in [3.8, 4) is 0 Å². The highest BCUT2D eigenvalue weighted by Crippen LogP contribution is 2.37. The Morgan fingerprint density at radius 3 is 2.74 bits per heavy atom. The first-order chi connectivity index (χ1) is 13.1. The topological polar surface area (TPSA) is 25.2 Å². The third kappa shape index (κ3) is 3.76. The molecule has 4 rings (SSSR count). The van der Waals surface area contributed by atoms with Crippen molar-refractivity contribution in [1.82, 2.24) is 9.47 Å². The normalized spacial score (nSPS) is 20.9. The highest BCUT2D eigenvalue weighted by molar-refractivity contribution is 6.31. The summed E-state index contributed by atoms with van der Waals surface area (Å²) in [6.45, 7) is 6.85. The van der Waals surface area contributed by atoms with Crippen LogP contribution >= 0.6 is 11.6 Å². The van der Waals surface area contributed by atoms with Crippen molar-refractivity contribution in [2.45, 2.75) is 65.3 Å². The van der Waals surface area contributed by atoms with Crippen LogP contribution in [0.15, 0.2) is 18.2 Å². The molecule has 1 atom stereocenters. The molecular formula is C23H31ClN2O. The highest BCUT2D eigenvalue weighted by atomic mass is 35.5. The molecule has 1 aliphatic carbocycles. The molecule has 146 valence electrons. The van der Waals surface area contributed by atoms with E-state index >= 15 is 0 Å². The van der Waals surface area contributed by atoms with Gasteiger partial charge in [-0.25, -0.2) is 0 Å². The van der Waals surface area contributed by atoms with E-state index in [1.54, 1.807) is 0 Å². The number of rotatable bonds is 4. The van der Waals surface area contributed by atoms with Crippen LogP contribution < -0.4 is 0 Å². The van der Waals surface area contributed by atoms with E-state index in [1.165, 1.54) is 41.4 Å². The van der Waals surface area contributed by atoms with Crippen LogP contribution in [0.4, 0.5) is 0 Å². The maximum Gasteiger partial charge on any atom is 0.242 e. The fourth-order valence-corrected chi connectivity index (χ4v) is 5.19. The summed E-state index contributed by atoms with van der Waals surface area (Å²) in [4.78, 5) is 15.1. The number of piperidine rings is 1. The van der Waals surface area contributed by atoms with Gasteiger partial charge >= 0.3 is 0 Å². The number of aryl methyl sites for hydroxylation is 1.